The Labute approximate surface area is 161 Å². The highest BCUT2D eigenvalue weighted by Gasteiger charge is 2.28. The second kappa shape index (κ2) is 15.0. The molecule has 0 aromatic rings. The number of nitrogens with zero attached hydrogens (tertiary/aromatic N) is 1. The first kappa shape index (κ1) is 23.0. The molecule has 1 heterocycles. The minimum atomic E-state index is -0.385. The number of nitrogens with two attached hydrogens (primary N) is 1. The number of rotatable bonds is 15. The van der Waals surface area contributed by atoms with Crippen molar-refractivity contribution in [3.63, 3.8) is 0 Å². The van der Waals surface area contributed by atoms with E-state index in [1.165, 1.54) is 64.2 Å². The molecule has 0 aliphatic carbocycles. The average Bonchev–Trinajstić information content (AvgIpc) is 2.83. The molecule has 26 heavy (non-hydrogen) atoms. The molecule has 0 radical (unpaired) electrons. The largest absolute Gasteiger partial charge is 0.368 e. The highest BCUT2D eigenvalue weighted by atomic mass is 16.2. The minimum absolute atomic E-state index is 0.116. The lowest BCUT2D eigenvalue weighted by Gasteiger charge is -2.28. The van der Waals surface area contributed by atoms with E-state index >= 15 is 0 Å². The maximum atomic E-state index is 12.2. The van der Waals surface area contributed by atoms with Crippen LogP contribution in [0.3, 0.4) is 0 Å². The molecular formula is C22H42N2O2. The summed E-state index contributed by atoms with van der Waals surface area (Å²) in [4.78, 5) is 25.8. The van der Waals surface area contributed by atoms with Crippen LogP contribution in [-0.2, 0) is 9.59 Å². The van der Waals surface area contributed by atoms with Gasteiger partial charge in [0.15, 0.2) is 0 Å². The van der Waals surface area contributed by atoms with E-state index in [1.54, 1.807) is 4.90 Å². The number of unbranched alkanes of at least 4 members (excludes halogenated alkanes) is 11. The number of carbonyl (C=O) groups is 2. The predicted octanol–water partition coefficient (Wildman–Crippen LogP) is 5.33. The molecule has 0 aromatic heterocycles. The molecule has 1 unspecified atom stereocenters. The topological polar surface area (TPSA) is 63.4 Å². The molecule has 1 saturated heterocycles. The van der Waals surface area contributed by atoms with Gasteiger partial charge in [0.05, 0.1) is 0 Å². The number of hydrogen-bond donors (Lipinski definition) is 1. The predicted molar refractivity (Wildman–Crippen MR) is 109 cm³/mol. The molecule has 1 aliphatic rings. The Bertz CT molecular complexity index is 384. The third-order valence-electron chi connectivity index (χ3n) is 5.65. The van der Waals surface area contributed by atoms with Crippen LogP contribution in [0.5, 0.6) is 0 Å². The Morgan fingerprint density at radius 2 is 1.42 bits per heavy atom. The molecule has 1 aliphatic heterocycles. The van der Waals surface area contributed by atoms with Crippen LogP contribution in [0, 0.1) is 0 Å². The molecule has 0 aromatic carbocycles. The lowest BCUT2D eigenvalue weighted by atomic mass is 10.0. The van der Waals surface area contributed by atoms with E-state index in [9.17, 15) is 9.59 Å². The van der Waals surface area contributed by atoms with Crippen LogP contribution in [0.1, 0.15) is 116 Å². The van der Waals surface area contributed by atoms with E-state index in [0.717, 1.165) is 38.5 Å². The zero-order valence-corrected chi connectivity index (χ0v) is 17.1. The second-order valence-corrected chi connectivity index (χ2v) is 7.99. The van der Waals surface area contributed by atoms with Crippen LogP contribution >= 0.6 is 0 Å². The molecule has 0 saturated carbocycles. The van der Waals surface area contributed by atoms with E-state index in [2.05, 4.69) is 6.92 Å². The van der Waals surface area contributed by atoms with E-state index in [-0.39, 0.29) is 17.9 Å². The van der Waals surface area contributed by atoms with Gasteiger partial charge in [-0.25, -0.2) is 0 Å². The van der Waals surface area contributed by atoms with Crippen molar-refractivity contribution < 1.29 is 9.59 Å². The summed E-state index contributed by atoms with van der Waals surface area (Å²) in [7, 11) is 0. The fraction of sp³-hybridized carbons (Fsp3) is 0.909. The first-order valence-corrected chi connectivity index (χ1v) is 11.3. The molecule has 2 N–H and O–H groups in total. The molecule has 0 spiro atoms. The zero-order valence-electron chi connectivity index (χ0n) is 17.1. The summed E-state index contributed by atoms with van der Waals surface area (Å²) in [5.74, 6) is -0.214. The molecule has 4 nitrogen and oxygen atoms in total. The molecule has 1 fully saturated rings. The van der Waals surface area contributed by atoms with E-state index in [4.69, 9.17) is 5.73 Å². The van der Waals surface area contributed by atoms with Gasteiger partial charge in [-0.2, -0.15) is 0 Å². The van der Waals surface area contributed by atoms with Gasteiger partial charge in [0.2, 0.25) is 11.8 Å². The van der Waals surface area contributed by atoms with Crippen molar-refractivity contribution in [2.24, 2.45) is 5.73 Å². The highest BCUT2D eigenvalue weighted by Crippen LogP contribution is 2.18. The summed E-state index contributed by atoms with van der Waals surface area (Å²) in [6.45, 7) is 2.96. The van der Waals surface area contributed by atoms with Crippen LogP contribution in [0.15, 0.2) is 0 Å². The third kappa shape index (κ3) is 10.2. The normalized spacial score (nSPS) is 16.5. The molecule has 152 valence electrons. The minimum Gasteiger partial charge on any atom is -0.368 e. The van der Waals surface area contributed by atoms with Crippen LogP contribution < -0.4 is 5.73 Å². The Morgan fingerprint density at radius 1 is 0.885 bits per heavy atom. The Morgan fingerprint density at radius 3 is 1.96 bits per heavy atom. The number of carbonyl (C=O) groups excluding carboxylic acids is 2. The summed E-state index contributed by atoms with van der Waals surface area (Å²) in [6, 6.07) is -0.385. The zero-order chi connectivity index (χ0) is 19.0. The van der Waals surface area contributed by atoms with Crippen molar-refractivity contribution in [1.82, 2.24) is 4.90 Å². The standard InChI is InChI=1S/C22H42N2O2/c1-2-3-4-5-6-7-8-9-10-11-12-14-17-20(22(23)26)24-19-16-13-15-18-21(24)25/h20H,2-19H2,1H3,(H2,23,26). The van der Waals surface area contributed by atoms with Crippen LogP contribution in [-0.4, -0.2) is 29.3 Å². The van der Waals surface area contributed by atoms with Gasteiger partial charge in [-0.3, -0.25) is 9.59 Å². The summed E-state index contributed by atoms with van der Waals surface area (Å²) in [6.07, 6.45) is 19.9. The van der Waals surface area contributed by atoms with E-state index in [0.29, 0.717) is 13.0 Å². The summed E-state index contributed by atoms with van der Waals surface area (Å²) < 4.78 is 0. The summed E-state index contributed by atoms with van der Waals surface area (Å²) >= 11 is 0. The number of amides is 2. The molecule has 2 amide bonds. The van der Waals surface area contributed by atoms with Gasteiger partial charge in [-0.05, 0) is 19.3 Å². The van der Waals surface area contributed by atoms with Gasteiger partial charge in [-0.1, -0.05) is 90.4 Å². The van der Waals surface area contributed by atoms with Gasteiger partial charge in [0.1, 0.15) is 6.04 Å². The van der Waals surface area contributed by atoms with Crippen molar-refractivity contribution in [2.45, 2.75) is 122 Å². The fourth-order valence-corrected chi connectivity index (χ4v) is 3.96. The van der Waals surface area contributed by atoms with Gasteiger partial charge in [0.25, 0.3) is 0 Å². The Kier molecular flexibility index (Phi) is 13.3. The second-order valence-electron chi connectivity index (χ2n) is 7.99. The van der Waals surface area contributed by atoms with Gasteiger partial charge < -0.3 is 10.6 Å². The van der Waals surface area contributed by atoms with Gasteiger partial charge in [0, 0.05) is 13.0 Å². The highest BCUT2D eigenvalue weighted by molar-refractivity contribution is 5.86. The first-order chi connectivity index (χ1) is 12.7. The third-order valence-corrected chi connectivity index (χ3v) is 5.65. The maximum Gasteiger partial charge on any atom is 0.240 e. The quantitative estimate of drug-likeness (QED) is 0.398. The molecule has 4 heteroatoms. The number of likely N-dealkylation sites (tertiary alicyclic amines) is 1. The van der Waals surface area contributed by atoms with Crippen LogP contribution in [0.2, 0.25) is 0 Å². The van der Waals surface area contributed by atoms with Crippen molar-refractivity contribution in [3.05, 3.63) is 0 Å². The molecule has 1 atom stereocenters. The van der Waals surface area contributed by atoms with Crippen molar-refractivity contribution >= 4 is 11.8 Å². The van der Waals surface area contributed by atoms with E-state index < -0.39 is 0 Å². The van der Waals surface area contributed by atoms with Crippen molar-refractivity contribution in [3.8, 4) is 0 Å². The molecule has 1 rings (SSSR count). The molecular weight excluding hydrogens is 324 g/mol. The Hall–Kier alpha value is -1.06. The van der Waals surface area contributed by atoms with Gasteiger partial charge in [-0.15, -0.1) is 0 Å². The number of primary amides is 1. The number of hydrogen-bond acceptors (Lipinski definition) is 2. The van der Waals surface area contributed by atoms with Crippen LogP contribution in [0.25, 0.3) is 0 Å². The van der Waals surface area contributed by atoms with Crippen molar-refractivity contribution in [1.29, 1.82) is 0 Å². The maximum absolute atomic E-state index is 12.2. The summed E-state index contributed by atoms with van der Waals surface area (Å²) in [5, 5.41) is 0. The van der Waals surface area contributed by atoms with E-state index in [1.807, 2.05) is 0 Å². The Balaban J connectivity index is 2.07. The lowest BCUT2D eigenvalue weighted by molar-refractivity contribution is -0.139. The first-order valence-electron chi connectivity index (χ1n) is 11.3. The monoisotopic (exact) mass is 366 g/mol. The van der Waals surface area contributed by atoms with Crippen molar-refractivity contribution in [2.75, 3.05) is 6.54 Å². The summed E-state index contributed by atoms with van der Waals surface area (Å²) in [5.41, 5.74) is 5.59. The molecule has 0 bridgehead atoms. The SMILES string of the molecule is CCCCCCCCCCCCCCC(C(N)=O)N1CCCCCC1=O. The smallest absolute Gasteiger partial charge is 0.240 e. The van der Waals surface area contributed by atoms with Crippen LogP contribution in [0.4, 0.5) is 0 Å². The fourth-order valence-electron chi connectivity index (χ4n) is 3.96. The lowest BCUT2D eigenvalue weighted by Crippen LogP contribution is -2.47. The van der Waals surface area contributed by atoms with Gasteiger partial charge >= 0.3 is 0 Å². The average molecular weight is 367 g/mol.